The summed E-state index contributed by atoms with van der Waals surface area (Å²) in [5, 5.41) is 11.3. The second kappa shape index (κ2) is 4.52. The van der Waals surface area contributed by atoms with Crippen molar-refractivity contribution < 1.29 is 5.11 Å². The van der Waals surface area contributed by atoms with Gasteiger partial charge in [0.2, 0.25) is 0 Å². The number of hydrogen-bond acceptors (Lipinski definition) is 1. The quantitative estimate of drug-likeness (QED) is 0.852. The zero-order chi connectivity index (χ0) is 12.5. The molecule has 0 bridgehead atoms. The molecule has 0 amide bonds. The van der Waals surface area contributed by atoms with Gasteiger partial charge in [0, 0.05) is 5.02 Å². The van der Waals surface area contributed by atoms with Crippen LogP contribution in [0.1, 0.15) is 23.6 Å². The van der Waals surface area contributed by atoms with Crippen LogP contribution in [0.15, 0.2) is 48.5 Å². The average Bonchev–Trinajstić information content (AvgIpc) is 2.29. The molecule has 1 atom stereocenters. The number of rotatable bonds is 2. The van der Waals surface area contributed by atoms with Crippen LogP contribution in [0.25, 0.3) is 0 Å². The molecule has 0 aliphatic heterocycles. The predicted molar refractivity (Wildman–Crippen MR) is 71.3 cm³/mol. The van der Waals surface area contributed by atoms with Crippen molar-refractivity contribution in [3.63, 3.8) is 0 Å². The Labute approximate surface area is 107 Å². The first-order valence-electron chi connectivity index (χ1n) is 5.56. The molecule has 2 aromatic rings. The molecule has 2 heteroatoms. The Morgan fingerprint density at radius 2 is 1.76 bits per heavy atom. The van der Waals surface area contributed by atoms with Crippen LogP contribution in [-0.4, -0.2) is 5.11 Å². The molecule has 0 aliphatic rings. The molecule has 0 spiro atoms. The minimum atomic E-state index is -1.02. The molecule has 0 saturated carbocycles. The molecule has 88 valence electrons. The van der Waals surface area contributed by atoms with Crippen LogP contribution in [-0.2, 0) is 5.60 Å². The van der Waals surface area contributed by atoms with Crippen LogP contribution < -0.4 is 0 Å². The number of benzene rings is 2. The molecule has 2 aromatic carbocycles. The zero-order valence-electron chi connectivity index (χ0n) is 9.94. The molecule has 0 saturated heterocycles. The lowest BCUT2D eigenvalue weighted by Gasteiger charge is -2.26. The highest BCUT2D eigenvalue weighted by molar-refractivity contribution is 6.30. The summed E-state index contributed by atoms with van der Waals surface area (Å²) in [6, 6.07) is 15.2. The van der Waals surface area contributed by atoms with E-state index in [-0.39, 0.29) is 0 Å². The van der Waals surface area contributed by atoms with Gasteiger partial charge in [-0.05, 0) is 42.7 Å². The molecule has 2 rings (SSSR count). The number of halogens is 1. The third-order valence-electron chi connectivity index (χ3n) is 3.06. The van der Waals surface area contributed by atoms with E-state index in [1.54, 1.807) is 19.1 Å². The molecule has 0 aliphatic carbocycles. The lowest BCUT2D eigenvalue weighted by atomic mass is 9.86. The SMILES string of the molecule is Cc1ccccc1C(C)(O)c1cccc(Cl)c1. The van der Waals surface area contributed by atoms with Gasteiger partial charge in [-0.1, -0.05) is 48.0 Å². The first-order valence-corrected chi connectivity index (χ1v) is 5.94. The fourth-order valence-corrected chi connectivity index (χ4v) is 2.26. The number of hydrogen-bond donors (Lipinski definition) is 1. The van der Waals surface area contributed by atoms with Crippen LogP contribution in [0.3, 0.4) is 0 Å². The maximum absolute atomic E-state index is 10.7. The van der Waals surface area contributed by atoms with Gasteiger partial charge >= 0.3 is 0 Å². The van der Waals surface area contributed by atoms with Gasteiger partial charge in [0.05, 0.1) is 0 Å². The third kappa shape index (κ3) is 2.36. The number of aliphatic hydroxyl groups is 1. The molecule has 1 N–H and O–H groups in total. The molecular weight excluding hydrogens is 232 g/mol. The van der Waals surface area contributed by atoms with Crippen molar-refractivity contribution in [1.82, 2.24) is 0 Å². The van der Waals surface area contributed by atoms with Crippen molar-refractivity contribution in [2.45, 2.75) is 19.4 Å². The van der Waals surface area contributed by atoms with Crippen LogP contribution in [0.5, 0.6) is 0 Å². The van der Waals surface area contributed by atoms with E-state index < -0.39 is 5.60 Å². The minimum absolute atomic E-state index is 0.636. The minimum Gasteiger partial charge on any atom is -0.381 e. The summed E-state index contributed by atoms with van der Waals surface area (Å²) in [7, 11) is 0. The molecule has 0 radical (unpaired) electrons. The first kappa shape index (κ1) is 12.2. The summed E-state index contributed by atoms with van der Waals surface area (Å²) >= 11 is 5.97. The second-order valence-electron chi connectivity index (χ2n) is 4.40. The summed E-state index contributed by atoms with van der Waals surface area (Å²) < 4.78 is 0. The van der Waals surface area contributed by atoms with E-state index in [1.165, 1.54) is 0 Å². The maximum Gasteiger partial charge on any atom is 0.112 e. The Hall–Kier alpha value is -1.31. The lowest BCUT2D eigenvalue weighted by Crippen LogP contribution is -2.23. The van der Waals surface area contributed by atoms with Crippen LogP contribution >= 0.6 is 11.6 Å². The average molecular weight is 247 g/mol. The highest BCUT2D eigenvalue weighted by atomic mass is 35.5. The molecule has 1 nitrogen and oxygen atoms in total. The van der Waals surface area contributed by atoms with E-state index in [9.17, 15) is 5.11 Å². The normalized spacial score (nSPS) is 14.4. The smallest absolute Gasteiger partial charge is 0.112 e. The first-order chi connectivity index (χ1) is 8.01. The van der Waals surface area contributed by atoms with Gasteiger partial charge in [0.25, 0.3) is 0 Å². The molecule has 0 fully saturated rings. The van der Waals surface area contributed by atoms with E-state index in [0.717, 1.165) is 16.7 Å². The van der Waals surface area contributed by atoms with Gasteiger partial charge < -0.3 is 5.11 Å². The van der Waals surface area contributed by atoms with Crippen molar-refractivity contribution in [3.8, 4) is 0 Å². The van der Waals surface area contributed by atoms with Gasteiger partial charge in [0.1, 0.15) is 5.60 Å². The van der Waals surface area contributed by atoms with Crippen molar-refractivity contribution in [2.75, 3.05) is 0 Å². The molecule has 0 aromatic heterocycles. The Morgan fingerprint density at radius 1 is 1.06 bits per heavy atom. The third-order valence-corrected chi connectivity index (χ3v) is 3.29. The Morgan fingerprint density at radius 3 is 2.41 bits per heavy atom. The van der Waals surface area contributed by atoms with Crippen LogP contribution in [0.2, 0.25) is 5.02 Å². The zero-order valence-corrected chi connectivity index (χ0v) is 10.7. The number of aryl methyl sites for hydroxylation is 1. The van der Waals surface area contributed by atoms with E-state index in [4.69, 9.17) is 11.6 Å². The van der Waals surface area contributed by atoms with Crippen LogP contribution in [0, 0.1) is 6.92 Å². The summed E-state index contributed by atoms with van der Waals surface area (Å²) in [4.78, 5) is 0. The van der Waals surface area contributed by atoms with Crippen molar-refractivity contribution in [2.24, 2.45) is 0 Å². The van der Waals surface area contributed by atoms with Gasteiger partial charge in [-0.25, -0.2) is 0 Å². The Bertz CT molecular complexity index is 532. The molecule has 0 heterocycles. The topological polar surface area (TPSA) is 20.2 Å². The highest BCUT2D eigenvalue weighted by Crippen LogP contribution is 2.32. The van der Waals surface area contributed by atoms with Crippen molar-refractivity contribution in [1.29, 1.82) is 0 Å². The van der Waals surface area contributed by atoms with Crippen LogP contribution in [0.4, 0.5) is 0 Å². The summed E-state index contributed by atoms with van der Waals surface area (Å²) in [6.45, 7) is 3.79. The fourth-order valence-electron chi connectivity index (χ4n) is 2.07. The largest absolute Gasteiger partial charge is 0.381 e. The predicted octanol–water partition coefficient (Wildman–Crippen LogP) is 3.90. The second-order valence-corrected chi connectivity index (χ2v) is 4.83. The fraction of sp³-hybridized carbons (Fsp3) is 0.200. The molecule has 1 unspecified atom stereocenters. The van der Waals surface area contributed by atoms with Crippen molar-refractivity contribution in [3.05, 3.63) is 70.2 Å². The van der Waals surface area contributed by atoms with Gasteiger partial charge in [-0.3, -0.25) is 0 Å². The van der Waals surface area contributed by atoms with E-state index in [1.807, 2.05) is 43.3 Å². The lowest BCUT2D eigenvalue weighted by molar-refractivity contribution is 0.102. The van der Waals surface area contributed by atoms with Gasteiger partial charge in [-0.2, -0.15) is 0 Å². The van der Waals surface area contributed by atoms with Crippen molar-refractivity contribution >= 4 is 11.6 Å². The van der Waals surface area contributed by atoms with Gasteiger partial charge in [0.15, 0.2) is 0 Å². The summed E-state index contributed by atoms with van der Waals surface area (Å²) in [5.41, 5.74) is 1.76. The summed E-state index contributed by atoms with van der Waals surface area (Å²) in [6.07, 6.45) is 0. The Kier molecular flexibility index (Phi) is 3.23. The van der Waals surface area contributed by atoms with E-state index in [0.29, 0.717) is 5.02 Å². The molecular formula is C15H15ClO. The summed E-state index contributed by atoms with van der Waals surface area (Å²) in [5.74, 6) is 0. The standard InChI is InChI=1S/C15H15ClO/c1-11-6-3-4-9-14(11)15(2,17)12-7-5-8-13(16)10-12/h3-10,17H,1-2H3. The maximum atomic E-state index is 10.7. The molecule has 17 heavy (non-hydrogen) atoms. The Balaban J connectivity index is 2.53. The van der Waals surface area contributed by atoms with E-state index in [2.05, 4.69) is 0 Å². The highest BCUT2D eigenvalue weighted by Gasteiger charge is 2.26. The monoisotopic (exact) mass is 246 g/mol. The van der Waals surface area contributed by atoms with Gasteiger partial charge in [-0.15, -0.1) is 0 Å². The van der Waals surface area contributed by atoms with E-state index >= 15 is 0 Å².